The molecular weight excluding hydrogens is 192 g/mol. The van der Waals surface area contributed by atoms with Crippen LogP contribution in [-0.2, 0) is 11.8 Å². The zero-order valence-electron chi connectivity index (χ0n) is 11.5. The fourth-order valence-electron chi connectivity index (χ4n) is 2.12. The summed E-state index contributed by atoms with van der Waals surface area (Å²) >= 11 is 0. The molecule has 89 valence electrons. The van der Waals surface area contributed by atoms with E-state index in [2.05, 4.69) is 53.7 Å². The minimum atomic E-state index is 0.250. The van der Waals surface area contributed by atoms with Gasteiger partial charge in [-0.15, -0.1) is 0 Å². The Hall–Kier alpha value is -0.780. The highest BCUT2D eigenvalue weighted by atomic mass is 14.2. The normalized spacial score (nSPS) is 11.9. The van der Waals surface area contributed by atoms with Crippen LogP contribution < -0.4 is 0 Å². The van der Waals surface area contributed by atoms with E-state index in [4.69, 9.17) is 0 Å². The monoisotopic (exact) mass is 217 g/mol. The van der Waals surface area contributed by atoms with Gasteiger partial charge in [0.2, 0.25) is 0 Å². The topological polar surface area (TPSA) is 0 Å². The minimum absolute atomic E-state index is 0.250. The number of rotatable bonds is 3. The second kappa shape index (κ2) is 5.03. The van der Waals surface area contributed by atoms with Crippen LogP contribution in [0.15, 0.2) is 12.1 Å². The van der Waals surface area contributed by atoms with Gasteiger partial charge >= 0.3 is 0 Å². The average Bonchev–Trinajstić information content (AvgIpc) is 2.15. The summed E-state index contributed by atoms with van der Waals surface area (Å²) in [6, 6.07) is 4.71. The van der Waals surface area contributed by atoms with Crippen LogP contribution in [0.4, 0.5) is 0 Å². The van der Waals surface area contributed by atoms with E-state index < -0.39 is 0 Å². The quantitative estimate of drug-likeness (QED) is 0.685. The molecule has 16 heavy (non-hydrogen) atoms. The van der Waals surface area contributed by atoms with E-state index in [0.29, 0.717) is 0 Å². The Bertz CT molecular complexity index is 330. The zero-order valence-corrected chi connectivity index (χ0v) is 11.5. The summed E-state index contributed by atoms with van der Waals surface area (Å²) in [6.45, 7) is 15.2. The van der Waals surface area contributed by atoms with Crippen LogP contribution in [0, 0.1) is 20.8 Å². The van der Waals surface area contributed by atoms with Crippen molar-refractivity contribution in [3.05, 3.63) is 41.3 Å². The lowest BCUT2D eigenvalue weighted by Crippen LogP contribution is -2.12. The van der Waals surface area contributed by atoms with Crippen LogP contribution in [0.1, 0.15) is 55.9 Å². The maximum atomic E-state index is 3.92. The van der Waals surface area contributed by atoms with Crippen LogP contribution in [0.25, 0.3) is 0 Å². The highest BCUT2D eigenvalue weighted by Gasteiger charge is 2.15. The molecule has 0 saturated heterocycles. The lowest BCUT2D eigenvalue weighted by atomic mass is 9.83. The Labute approximate surface area is 101 Å². The molecule has 0 nitrogen and oxygen atoms in total. The molecule has 0 unspecified atom stereocenters. The fraction of sp³-hybridized carbons (Fsp3) is 0.562. The third kappa shape index (κ3) is 3.10. The van der Waals surface area contributed by atoms with Gasteiger partial charge in [0.25, 0.3) is 0 Å². The summed E-state index contributed by atoms with van der Waals surface area (Å²) < 4.78 is 0. The third-order valence-corrected chi connectivity index (χ3v) is 3.24. The molecule has 0 aliphatic carbocycles. The molecular formula is C16H25. The predicted molar refractivity (Wildman–Crippen MR) is 72.9 cm³/mol. The molecule has 1 rings (SSSR count). The van der Waals surface area contributed by atoms with Crippen molar-refractivity contribution in [1.82, 2.24) is 0 Å². The van der Waals surface area contributed by atoms with E-state index in [9.17, 15) is 0 Å². The summed E-state index contributed by atoms with van der Waals surface area (Å²) in [5.41, 5.74) is 6.11. The molecule has 0 saturated carbocycles. The second-order valence-electron chi connectivity index (χ2n) is 5.80. The van der Waals surface area contributed by atoms with Crippen molar-refractivity contribution in [3.8, 4) is 0 Å². The van der Waals surface area contributed by atoms with Crippen molar-refractivity contribution < 1.29 is 0 Å². The summed E-state index contributed by atoms with van der Waals surface area (Å²) in [6.07, 6.45) is 3.39. The maximum Gasteiger partial charge on any atom is -0.0132 e. The summed E-state index contributed by atoms with van der Waals surface area (Å²) in [7, 11) is 0. The van der Waals surface area contributed by atoms with Gasteiger partial charge in [0.1, 0.15) is 0 Å². The van der Waals surface area contributed by atoms with E-state index in [1.54, 1.807) is 0 Å². The molecule has 0 atom stereocenters. The van der Waals surface area contributed by atoms with Crippen molar-refractivity contribution in [2.75, 3.05) is 0 Å². The molecule has 1 radical (unpaired) electrons. The van der Waals surface area contributed by atoms with Gasteiger partial charge in [0.05, 0.1) is 0 Å². The molecule has 0 bridgehead atoms. The average molecular weight is 217 g/mol. The molecule has 0 aliphatic rings. The fourth-order valence-corrected chi connectivity index (χ4v) is 2.12. The van der Waals surface area contributed by atoms with Crippen molar-refractivity contribution in [3.63, 3.8) is 0 Å². The first-order chi connectivity index (χ1) is 7.36. The van der Waals surface area contributed by atoms with Gasteiger partial charge in [-0.2, -0.15) is 0 Å². The van der Waals surface area contributed by atoms with E-state index in [-0.39, 0.29) is 5.41 Å². The summed E-state index contributed by atoms with van der Waals surface area (Å²) in [4.78, 5) is 0. The summed E-state index contributed by atoms with van der Waals surface area (Å²) in [5, 5.41) is 0. The molecule has 0 heteroatoms. The van der Waals surface area contributed by atoms with Crippen molar-refractivity contribution in [2.24, 2.45) is 0 Å². The van der Waals surface area contributed by atoms with Gasteiger partial charge in [-0.3, -0.25) is 0 Å². The van der Waals surface area contributed by atoms with Crippen LogP contribution in [0.2, 0.25) is 0 Å². The maximum absolute atomic E-state index is 3.92. The lowest BCUT2D eigenvalue weighted by Gasteiger charge is -2.22. The molecule has 1 aromatic carbocycles. The van der Waals surface area contributed by atoms with Crippen molar-refractivity contribution in [1.29, 1.82) is 0 Å². The smallest absolute Gasteiger partial charge is 0.0132 e. The Kier molecular flexibility index (Phi) is 4.18. The molecule has 0 aliphatic heterocycles. The van der Waals surface area contributed by atoms with Gasteiger partial charge < -0.3 is 0 Å². The highest BCUT2D eigenvalue weighted by Crippen LogP contribution is 2.27. The number of benzene rings is 1. The van der Waals surface area contributed by atoms with Crippen LogP contribution in [0.3, 0.4) is 0 Å². The molecule has 0 amide bonds. The van der Waals surface area contributed by atoms with E-state index in [1.165, 1.54) is 35.1 Å². The SMILES string of the molecule is [CH2]CCCc1c(C)cc(C(C)(C)C)cc1C. The van der Waals surface area contributed by atoms with E-state index in [0.717, 1.165) is 6.42 Å². The Morgan fingerprint density at radius 2 is 1.56 bits per heavy atom. The van der Waals surface area contributed by atoms with Crippen LogP contribution in [-0.4, -0.2) is 0 Å². The van der Waals surface area contributed by atoms with Gasteiger partial charge in [-0.1, -0.05) is 46.2 Å². The predicted octanol–water partition coefficient (Wildman–Crippen LogP) is 4.76. The van der Waals surface area contributed by atoms with E-state index >= 15 is 0 Å². The van der Waals surface area contributed by atoms with Gasteiger partial charge in [-0.05, 0) is 54.4 Å². The Morgan fingerprint density at radius 1 is 1.06 bits per heavy atom. The largest absolute Gasteiger partial charge is 0.0561 e. The first-order valence-electron chi connectivity index (χ1n) is 6.26. The Morgan fingerprint density at radius 3 is 1.94 bits per heavy atom. The first kappa shape index (κ1) is 13.3. The van der Waals surface area contributed by atoms with Crippen molar-refractivity contribution >= 4 is 0 Å². The molecule has 0 aromatic heterocycles. The Balaban J connectivity index is 3.08. The van der Waals surface area contributed by atoms with Crippen LogP contribution >= 0.6 is 0 Å². The minimum Gasteiger partial charge on any atom is -0.0561 e. The standard InChI is InChI=1S/C16H25/c1-7-8-9-15-12(2)10-14(11-13(15)3)16(4,5)6/h10-11H,1,7-9H2,2-6H3. The highest BCUT2D eigenvalue weighted by molar-refractivity contribution is 5.40. The van der Waals surface area contributed by atoms with E-state index in [1.807, 2.05) is 0 Å². The van der Waals surface area contributed by atoms with Crippen LogP contribution in [0.5, 0.6) is 0 Å². The molecule has 0 N–H and O–H groups in total. The summed E-state index contributed by atoms with van der Waals surface area (Å²) in [5.74, 6) is 0. The molecule has 0 spiro atoms. The number of hydrogen-bond acceptors (Lipinski definition) is 0. The lowest BCUT2D eigenvalue weighted by molar-refractivity contribution is 0.588. The third-order valence-electron chi connectivity index (χ3n) is 3.24. The molecule has 1 aromatic rings. The second-order valence-corrected chi connectivity index (χ2v) is 5.80. The van der Waals surface area contributed by atoms with Gasteiger partial charge in [-0.25, -0.2) is 0 Å². The van der Waals surface area contributed by atoms with Gasteiger partial charge in [0, 0.05) is 0 Å². The van der Waals surface area contributed by atoms with Gasteiger partial charge in [0.15, 0.2) is 0 Å². The molecule has 0 fully saturated rings. The molecule has 0 heterocycles. The number of hydrogen-bond donors (Lipinski definition) is 0. The van der Waals surface area contributed by atoms with Crippen molar-refractivity contribution in [2.45, 2.75) is 59.3 Å². The zero-order chi connectivity index (χ0) is 12.3. The first-order valence-corrected chi connectivity index (χ1v) is 6.26. The number of aryl methyl sites for hydroxylation is 2. The number of unbranched alkanes of at least 4 members (excludes halogenated alkanes) is 1.